The van der Waals surface area contributed by atoms with Crippen LogP contribution >= 0.6 is 0 Å². The van der Waals surface area contributed by atoms with E-state index in [9.17, 15) is 4.79 Å². The Kier molecular flexibility index (Phi) is 4.34. The second-order valence-electron chi connectivity index (χ2n) is 8.07. The third-order valence-electron chi connectivity index (χ3n) is 5.14. The highest BCUT2D eigenvalue weighted by Crippen LogP contribution is 2.45. The van der Waals surface area contributed by atoms with Crippen LogP contribution in [0.2, 0.25) is 0 Å². The first kappa shape index (κ1) is 18.1. The van der Waals surface area contributed by atoms with E-state index in [0.29, 0.717) is 5.56 Å². The molecule has 0 amide bonds. The van der Waals surface area contributed by atoms with Crippen LogP contribution in [0.1, 0.15) is 67.8 Å². The smallest absolute Gasteiger partial charge is 0.338 e. The van der Waals surface area contributed by atoms with Crippen molar-refractivity contribution in [3.05, 3.63) is 40.7 Å². The summed E-state index contributed by atoms with van der Waals surface area (Å²) in [6, 6.07) is 5.82. The van der Waals surface area contributed by atoms with Crippen LogP contribution in [0.3, 0.4) is 0 Å². The summed E-state index contributed by atoms with van der Waals surface area (Å²) in [6.45, 7) is 8.81. The van der Waals surface area contributed by atoms with Crippen molar-refractivity contribution >= 4 is 17.9 Å². The van der Waals surface area contributed by atoms with Crippen molar-refractivity contribution in [3.63, 3.8) is 0 Å². The highest BCUT2D eigenvalue weighted by atomic mass is 16.5. The van der Waals surface area contributed by atoms with E-state index in [4.69, 9.17) is 16.2 Å². The maximum Gasteiger partial charge on any atom is 0.338 e. The molecule has 7 heteroatoms. The average Bonchev–Trinajstić information content (AvgIpc) is 2.56. The van der Waals surface area contributed by atoms with E-state index in [0.717, 1.165) is 12.8 Å². The lowest BCUT2D eigenvalue weighted by atomic mass is 9.63. The van der Waals surface area contributed by atoms with E-state index in [1.54, 1.807) is 0 Å². The topological polar surface area (TPSA) is 117 Å². The first-order chi connectivity index (χ1) is 12.1. The molecule has 0 saturated carbocycles. The van der Waals surface area contributed by atoms with Gasteiger partial charge in [-0.15, -0.1) is 0 Å². The first-order valence-electron chi connectivity index (χ1n) is 8.66. The lowest BCUT2D eigenvalue weighted by Crippen LogP contribution is -2.34. The Bertz CT molecular complexity index is 841. The molecule has 1 aromatic carbocycles. The number of nitrogen functional groups attached to an aromatic ring is 2. The van der Waals surface area contributed by atoms with Crippen LogP contribution in [0.4, 0.5) is 11.9 Å². The van der Waals surface area contributed by atoms with Gasteiger partial charge in [0, 0.05) is 0 Å². The van der Waals surface area contributed by atoms with Gasteiger partial charge in [-0.1, -0.05) is 33.8 Å². The molecule has 4 N–H and O–H groups in total. The standard InChI is InChI=1S/C19H25N5O2/c1-18(2)7-8-19(3,4)13-9-11(5-6-12(13)18)15(25)26-10-14-22-16(20)24-17(21)23-14/h5-6,9H,7-8,10H2,1-4H3,(H4,20,21,22,23,24). The van der Waals surface area contributed by atoms with E-state index in [1.807, 2.05) is 18.2 Å². The Balaban J connectivity index is 1.82. The predicted molar refractivity (Wildman–Crippen MR) is 99.5 cm³/mol. The van der Waals surface area contributed by atoms with Crippen LogP contribution < -0.4 is 11.5 Å². The summed E-state index contributed by atoms with van der Waals surface area (Å²) in [5, 5.41) is 0. The Morgan fingerprint density at radius 3 is 2.19 bits per heavy atom. The molecule has 0 atom stereocenters. The Morgan fingerprint density at radius 2 is 1.58 bits per heavy atom. The first-order valence-corrected chi connectivity index (χ1v) is 8.66. The minimum atomic E-state index is -0.426. The molecule has 0 fully saturated rings. The molecule has 138 valence electrons. The monoisotopic (exact) mass is 355 g/mol. The molecule has 0 radical (unpaired) electrons. The number of rotatable bonds is 3. The van der Waals surface area contributed by atoms with Crippen molar-refractivity contribution < 1.29 is 9.53 Å². The van der Waals surface area contributed by atoms with E-state index in [1.165, 1.54) is 11.1 Å². The van der Waals surface area contributed by atoms with Gasteiger partial charge < -0.3 is 16.2 Å². The summed E-state index contributed by atoms with van der Waals surface area (Å²) in [4.78, 5) is 24.0. The number of benzene rings is 1. The predicted octanol–water partition coefficient (Wildman–Crippen LogP) is 2.74. The molecule has 1 heterocycles. The molecule has 0 saturated heterocycles. The molecule has 26 heavy (non-hydrogen) atoms. The van der Waals surface area contributed by atoms with E-state index < -0.39 is 5.97 Å². The van der Waals surface area contributed by atoms with Crippen molar-refractivity contribution in [1.29, 1.82) is 0 Å². The maximum absolute atomic E-state index is 12.5. The number of fused-ring (bicyclic) bond motifs is 1. The highest BCUT2D eigenvalue weighted by molar-refractivity contribution is 5.89. The Hall–Kier alpha value is -2.70. The van der Waals surface area contributed by atoms with Gasteiger partial charge in [-0.2, -0.15) is 15.0 Å². The maximum atomic E-state index is 12.5. The number of esters is 1. The quantitative estimate of drug-likeness (QED) is 0.813. The van der Waals surface area contributed by atoms with Gasteiger partial charge in [-0.25, -0.2) is 4.79 Å². The summed E-state index contributed by atoms with van der Waals surface area (Å²) >= 11 is 0. The van der Waals surface area contributed by atoms with Gasteiger partial charge in [0.25, 0.3) is 0 Å². The number of carbonyl (C=O) groups is 1. The minimum absolute atomic E-state index is 0.00121. The van der Waals surface area contributed by atoms with Crippen LogP contribution in [-0.4, -0.2) is 20.9 Å². The molecule has 1 aliphatic rings. The van der Waals surface area contributed by atoms with Crippen molar-refractivity contribution in [2.75, 3.05) is 11.5 Å². The highest BCUT2D eigenvalue weighted by Gasteiger charge is 2.37. The molecule has 0 unspecified atom stereocenters. The summed E-state index contributed by atoms with van der Waals surface area (Å²) < 4.78 is 5.33. The molecule has 1 aliphatic carbocycles. The fourth-order valence-electron chi connectivity index (χ4n) is 3.45. The number of carbonyl (C=O) groups excluding carboxylic acids is 1. The van der Waals surface area contributed by atoms with Crippen LogP contribution in [0.5, 0.6) is 0 Å². The average molecular weight is 355 g/mol. The van der Waals surface area contributed by atoms with Crippen LogP contribution in [0.25, 0.3) is 0 Å². The Labute approximate surface area is 153 Å². The number of ether oxygens (including phenoxy) is 1. The molecular weight excluding hydrogens is 330 g/mol. The zero-order valence-electron chi connectivity index (χ0n) is 15.7. The molecule has 1 aromatic heterocycles. The van der Waals surface area contributed by atoms with Crippen molar-refractivity contribution in [3.8, 4) is 0 Å². The van der Waals surface area contributed by atoms with Gasteiger partial charge in [0.1, 0.15) is 0 Å². The number of aromatic nitrogens is 3. The summed E-state index contributed by atoms with van der Waals surface area (Å²) in [7, 11) is 0. The van der Waals surface area contributed by atoms with Crippen LogP contribution in [0.15, 0.2) is 18.2 Å². The zero-order chi connectivity index (χ0) is 19.1. The number of hydrogen-bond acceptors (Lipinski definition) is 7. The molecule has 3 rings (SSSR count). The van der Waals surface area contributed by atoms with Gasteiger partial charge in [0.2, 0.25) is 11.9 Å². The Morgan fingerprint density at radius 1 is 1.00 bits per heavy atom. The zero-order valence-corrected chi connectivity index (χ0v) is 15.7. The van der Waals surface area contributed by atoms with Gasteiger partial charge in [-0.3, -0.25) is 0 Å². The second-order valence-corrected chi connectivity index (χ2v) is 8.07. The number of nitrogens with two attached hydrogens (primary N) is 2. The SMILES string of the molecule is CC1(C)CCC(C)(C)c2cc(C(=O)OCc3nc(N)nc(N)n3)ccc21. The van der Waals surface area contributed by atoms with Gasteiger partial charge in [-0.05, 0) is 46.9 Å². The van der Waals surface area contributed by atoms with Gasteiger partial charge in [0.15, 0.2) is 12.4 Å². The van der Waals surface area contributed by atoms with Gasteiger partial charge in [0.05, 0.1) is 5.56 Å². The molecule has 7 nitrogen and oxygen atoms in total. The molecule has 0 spiro atoms. The van der Waals surface area contributed by atoms with E-state index >= 15 is 0 Å². The lowest BCUT2D eigenvalue weighted by molar-refractivity contribution is 0.0462. The molecule has 2 aromatic rings. The normalized spacial score (nSPS) is 17.4. The summed E-state index contributed by atoms with van der Waals surface area (Å²) in [6.07, 6.45) is 2.20. The largest absolute Gasteiger partial charge is 0.454 e. The minimum Gasteiger partial charge on any atom is -0.454 e. The van der Waals surface area contributed by atoms with Crippen LogP contribution in [0, 0.1) is 0 Å². The number of hydrogen-bond donors (Lipinski definition) is 2. The summed E-state index contributed by atoms with van der Waals surface area (Å²) in [5.74, 6) is -0.199. The van der Waals surface area contributed by atoms with E-state index in [2.05, 4.69) is 42.6 Å². The third-order valence-corrected chi connectivity index (χ3v) is 5.14. The lowest BCUT2D eigenvalue weighted by Gasteiger charge is -2.41. The molecule has 0 aliphatic heterocycles. The van der Waals surface area contributed by atoms with Crippen molar-refractivity contribution in [1.82, 2.24) is 15.0 Å². The van der Waals surface area contributed by atoms with Crippen LogP contribution in [-0.2, 0) is 22.2 Å². The van der Waals surface area contributed by atoms with E-state index in [-0.39, 0.29) is 35.2 Å². The fourth-order valence-corrected chi connectivity index (χ4v) is 3.45. The molecular formula is C19H25N5O2. The van der Waals surface area contributed by atoms with Crippen molar-refractivity contribution in [2.45, 2.75) is 58.0 Å². The van der Waals surface area contributed by atoms with Gasteiger partial charge >= 0.3 is 5.97 Å². The fraction of sp³-hybridized carbons (Fsp3) is 0.474. The number of nitrogens with zero attached hydrogens (tertiary/aromatic N) is 3. The third kappa shape index (κ3) is 3.47. The van der Waals surface area contributed by atoms with Crippen molar-refractivity contribution in [2.24, 2.45) is 0 Å². The summed E-state index contributed by atoms with van der Waals surface area (Å²) in [5.41, 5.74) is 14.2. The number of anilines is 2. The molecule has 0 bridgehead atoms. The second kappa shape index (κ2) is 6.23.